The summed E-state index contributed by atoms with van der Waals surface area (Å²) in [7, 11) is 0. The molecule has 0 fully saturated rings. The van der Waals surface area contributed by atoms with Gasteiger partial charge in [-0.05, 0) is 60.0 Å². The van der Waals surface area contributed by atoms with Crippen LogP contribution in [-0.2, 0) is 12.4 Å². The molecule has 2 heterocycles. The fourth-order valence-corrected chi connectivity index (χ4v) is 6.43. The highest BCUT2D eigenvalue weighted by Gasteiger charge is 2.40. The number of aliphatic imine (C=N–C) groups is 1. The Morgan fingerprint density at radius 3 is 2.16 bits per heavy atom. The summed E-state index contributed by atoms with van der Waals surface area (Å²) in [6.45, 7) is 3.39. The zero-order valence-electron chi connectivity index (χ0n) is 29.1. The van der Waals surface area contributed by atoms with Crippen molar-refractivity contribution < 1.29 is 40.6 Å². The first-order valence-electron chi connectivity index (χ1n) is 16.6. The zero-order chi connectivity index (χ0) is 40.5. The van der Waals surface area contributed by atoms with Gasteiger partial charge in [0.2, 0.25) is 0 Å². The Bertz CT molecular complexity index is 2460. The standard InChI is InChI=1S/C39H27Cl3F6N6O2/c1-21(23-8-4-3-5-9-23)20-49-36(55)32-18-34(38(43,44)45)52-54(32)31-15-13-25(17-29(31)42)26-16-24(12-14-27(26)40)22(2)50-37(56)33-19-35(39(46,47)48)51-53(33)30-11-7-6-10-28(30)41/h3-22H,1-2H3,(H,50,56)/p+1. The second-order valence-electron chi connectivity index (χ2n) is 12.5. The maximum atomic E-state index is 13.8. The normalized spacial score (nSPS) is 13.2. The fraction of sp³-hybridized carbons (Fsp3) is 0.154. The van der Waals surface area contributed by atoms with Gasteiger partial charge in [0.05, 0.1) is 22.8 Å². The first-order chi connectivity index (χ1) is 26.4. The molecule has 0 saturated carbocycles. The number of nitrogens with one attached hydrogen (secondary N) is 2. The molecular weight excluding hydrogens is 805 g/mol. The van der Waals surface area contributed by atoms with E-state index in [2.05, 4.69) is 20.5 Å². The third-order valence-electron chi connectivity index (χ3n) is 8.67. The lowest BCUT2D eigenvalue weighted by Gasteiger charge is -2.17. The van der Waals surface area contributed by atoms with Gasteiger partial charge < -0.3 is 5.32 Å². The molecule has 2 unspecified atom stereocenters. The molecule has 0 saturated heterocycles. The number of aromatic amines is 1. The van der Waals surface area contributed by atoms with Crippen LogP contribution in [0.2, 0.25) is 15.1 Å². The number of aromatic nitrogens is 4. The molecule has 0 aliphatic heterocycles. The van der Waals surface area contributed by atoms with Gasteiger partial charge in [-0.1, -0.05) is 94.9 Å². The van der Waals surface area contributed by atoms with Crippen LogP contribution in [0, 0.1) is 0 Å². The molecule has 0 bridgehead atoms. The number of hydrogen-bond acceptors (Lipinski definition) is 3. The molecule has 2 aromatic heterocycles. The van der Waals surface area contributed by atoms with E-state index in [1.807, 2.05) is 30.3 Å². The maximum absolute atomic E-state index is 13.8. The Balaban J connectivity index is 1.28. The number of rotatable bonds is 9. The summed E-state index contributed by atoms with van der Waals surface area (Å²) in [5.41, 5.74) is -1.12. The smallest absolute Gasteiger partial charge is 0.344 e. The van der Waals surface area contributed by atoms with Gasteiger partial charge in [-0.2, -0.15) is 36.5 Å². The quantitative estimate of drug-likeness (QED) is 0.0863. The molecule has 56 heavy (non-hydrogen) atoms. The Kier molecular flexibility index (Phi) is 11.5. The summed E-state index contributed by atoms with van der Waals surface area (Å²) in [6.07, 6.45) is -8.33. The average Bonchev–Trinajstić information content (AvgIpc) is 3.81. The molecular formula is C39H28Cl3F6N6O2+. The van der Waals surface area contributed by atoms with Gasteiger partial charge in [0.25, 0.3) is 11.6 Å². The fourth-order valence-electron chi connectivity index (χ4n) is 5.73. The lowest BCUT2D eigenvalue weighted by molar-refractivity contribution is -0.658. The molecule has 6 rings (SSSR count). The number of nitrogens with zero attached hydrogens (tertiary/aromatic N) is 4. The van der Waals surface area contributed by atoms with Gasteiger partial charge in [-0.15, -0.1) is 0 Å². The van der Waals surface area contributed by atoms with Crippen LogP contribution in [0.5, 0.6) is 0 Å². The van der Waals surface area contributed by atoms with Crippen molar-refractivity contribution in [3.63, 3.8) is 0 Å². The van der Waals surface area contributed by atoms with Gasteiger partial charge in [-0.3, -0.25) is 9.59 Å². The number of hydrogen-bond donors (Lipinski definition) is 2. The summed E-state index contributed by atoms with van der Waals surface area (Å²) in [4.78, 5) is 30.6. The van der Waals surface area contributed by atoms with E-state index < -0.39 is 53.0 Å². The second-order valence-corrected chi connectivity index (χ2v) is 13.8. The highest BCUT2D eigenvalue weighted by molar-refractivity contribution is 6.34. The van der Waals surface area contributed by atoms with E-state index in [1.54, 1.807) is 32.0 Å². The summed E-state index contributed by atoms with van der Waals surface area (Å²) >= 11 is 19.4. The van der Waals surface area contributed by atoms with E-state index in [1.165, 1.54) is 48.7 Å². The van der Waals surface area contributed by atoms with Crippen LogP contribution < -0.4 is 10.00 Å². The van der Waals surface area contributed by atoms with E-state index in [-0.39, 0.29) is 32.4 Å². The highest BCUT2D eigenvalue weighted by Crippen LogP contribution is 2.35. The van der Waals surface area contributed by atoms with Crippen LogP contribution >= 0.6 is 34.8 Å². The monoisotopic (exact) mass is 831 g/mol. The molecule has 0 radical (unpaired) electrons. The van der Waals surface area contributed by atoms with E-state index in [0.29, 0.717) is 28.8 Å². The summed E-state index contributed by atoms with van der Waals surface area (Å²) < 4.78 is 84.2. The van der Waals surface area contributed by atoms with Crippen molar-refractivity contribution in [3.8, 4) is 22.5 Å². The minimum absolute atomic E-state index is 0.00170. The van der Waals surface area contributed by atoms with Crippen molar-refractivity contribution in [3.05, 3.63) is 152 Å². The van der Waals surface area contributed by atoms with Crippen molar-refractivity contribution in [2.45, 2.75) is 38.2 Å². The summed E-state index contributed by atoms with van der Waals surface area (Å²) in [5.74, 6) is -2.14. The number of amides is 2. The molecule has 288 valence electrons. The highest BCUT2D eigenvalue weighted by atomic mass is 35.5. The average molecular weight is 833 g/mol. The number of carbonyl (C=O) groups is 2. The molecule has 0 aliphatic carbocycles. The predicted octanol–water partition coefficient (Wildman–Crippen LogP) is 10.6. The van der Waals surface area contributed by atoms with Crippen molar-refractivity contribution in [1.29, 1.82) is 0 Å². The van der Waals surface area contributed by atoms with E-state index in [4.69, 9.17) is 34.8 Å². The van der Waals surface area contributed by atoms with Crippen molar-refractivity contribution in [2.75, 3.05) is 0 Å². The molecule has 8 nitrogen and oxygen atoms in total. The summed E-state index contributed by atoms with van der Waals surface area (Å²) in [6, 6.07) is 24.7. The van der Waals surface area contributed by atoms with Gasteiger partial charge in [0.15, 0.2) is 11.4 Å². The molecule has 2 atom stereocenters. The van der Waals surface area contributed by atoms with E-state index in [0.717, 1.165) is 14.9 Å². The topological polar surface area (TPSA) is 96.0 Å². The van der Waals surface area contributed by atoms with Crippen molar-refractivity contribution in [1.82, 2.24) is 20.2 Å². The SMILES string of the molecule is CC(C=NC(=O)c1cc(C(F)(F)F)[nH][n+]1-c1ccc(-c2cc(C(C)NC(=O)c3cc(C(F)(F)F)nn3-c3ccccc3Cl)ccc2Cl)cc1Cl)c1ccccc1. The lowest BCUT2D eigenvalue weighted by Crippen LogP contribution is -2.39. The first-order valence-corrected chi connectivity index (χ1v) is 17.7. The molecule has 17 heteroatoms. The second kappa shape index (κ2) is 16.0. The predicted molar refractivity (Wildman–Crippen MR) is 200 cm³/mol. The number of H-pyrrole nitrogens is 1. The molecule has 2 N–H and O–H groups in total. The van der Waals surface area contributed by atoms with E-state index in [9.17, 15) is 35.9 Å². The van der Waals surface area contributed by atoms with Crippen LogP contribution in [0.4, 0.5) is 26.3 Å². The molecule has 6 aromatic rings. The summed E-state index contributed by atoms with van der Waals surface area (Å²) in [5, 5.41) is 8.74. The maximum Gasteiger partial charge on any atom is 0.436 e. The number of para-hydroxylation sites is 1. The van der Waals surface area contributed by atoms with Gasteiger partial charge >= 0.3 is 24.0 Å². The van der Waals surface area contributed by atoms with Crippen LogP contribution in [0.3, 0.4) is 0 Å². The Morgan fingerprint density at radius 2 is 1.50 bits per heavy atom. The van der Waals surface area contributed by atoms with E-state index >= 15 is 0 Å². The Morgan fingerprint density at radius 1 is 0.804 bits per heavy atom. The first kappa shape index (κ1) is 40.2. The third kappa shape index (κ3) is 8.67. The zero-order valence-corrected chi connectivity index (χ0v) is 31.3. The lowest BCUT2D eigenvalue weighted by atomic mass is 9.99. The number of benzene rings is 4. The van der Waals surface area contributed by atoms with Gasteiger partial charge in [0.1, 0.15) is 10.7 Å². The number of carbonyl (C=O) groups excluding carboxylic acids is 2. The Labute approximate surface area is 330 Å². The number of alkyl halides is 6. The van der Waals surface area contributed by atoms with Crippen LogP contribution in [0.25, 0.3) is 22.5 Å². The van der Waals surface area contributed by atoms with Crippen LogP contribution in [0.1, 0.15) is 69.3 Å². The molecule has 0 spiro atoms. The van der Waals surface area contributed by atoms with Crippen molar-refractivity contribution >= 4 is 52.8 Å². The molecule has 0 aliphatic rings. The molecule has 4 aromatic carbocycles. The van der Waals surface area contributed by atoms with Crippen LogP contribution in [0.15, 0.2) is 108 Å². The largest absolute Gasteiger partial charge is 0.436 e. The van der Waals surface area contributed by atoms with Crippen LogP contribution in [-0.4, -0.2) is 32.9 Å². The molecule has 2 amide bonds. The van der Waals surface area contributed by atoms with Gasteiger partial charge in [-0.25, -0.2) is 9.67 Å². The van der Waals surface area contributed by atoms with Crippen molar-refractivity contribution in [2.24, 2.45) is 4.99 Å². The number of halogens is 9. The van der Waals surface area contributed by atoms with Gasteiger partial charge in [0, 0.05) is 34.9 Å². The third-order valence-corrected chi connectivity index (χ3v) is 9.62. The minimum Gasteiger partial charge on any atom is -0.344 e. The Hall–Kier alpha value is -5.44. The minimum atomic E-state index is -4.85.